The van der Waals surface area contributed by atoms with E-state index in [9.17, 15) is 9.59 Å². The molecular weight excluding hydrogens is 316 g/mol. The number of fused-ring (bicyclic) bond motifs is 1. The van der Waals surface area contributed by atoms with Gasteiger partial charge in [-0.15, -0.1) is 0 Å². The fourth-order valence-electron chi connectivity index (χ4n) is 2.75. The summed E-state index contributed by atoms with van der Waals surface area (Å²) in [7, 11) is 0. The first-order valence-corrected chi connectivity index (χ1v) is 8.67. The third-order valence-corrected chi connectivity index (χ3v) is 4.68. The lowest BCUT2D eigenvalue weighted by atomic mass is 10.1. The summed E-state index contributed by atoms with van der Waals surface area (Å²) in [6.45, 7) is 7.82. The molecule has 2 aromatic rings. The number of hydrogen-bond donors (Lipinski definition) is 1. The van der Waals surface area contributed by atoms with Crippen LogP contribution in [0.1, 0.15) is 47.3 Å². The van der Waals surface area contributed by atoms with E-state index in [1.807, 2.05) is 51.1 Å². The average Bonchev–Trinajstić information content (AvgIpc) is 3.03. The fraction of sp³-hybridized carbons (Fsp3) is 0.421. The second-order valence-corrected chi connectivity index (χ2v) is 6.86. The van der Waals surface area contributed by atoms with Gasteiger partial charge in [0.25, 0.3) is 11.8 Å². The predicted octanol–water partition coefficient (Wildman–Crippen LogP) is 2.31. The fourth-order valence-corrected chi connectivity index (χ4v) is 2.75. The first-order chi connectivity index (χ1) is 12.0. The molecule has 3 rings (SSSR count). The van der Waals surface area contributed by atoms with Crippen molar-refractivity contribution in [3.63, 3.8) is 0 Å². The lowest BCUT2D eigenvalue weighted by Gasteiger charge is -2.27. The van der Waals surface area contributed by atoms with Gasteiger partial charge >= 0.3 is 0 Å². The Labute approximate surface area is 147 Å². The molecule has 0 radical (unpaired) electrons. The van der Waals surface area contributed by atoms with Gasteiger partial charge in [-0.25, -0.2) is 0 Å². The van der Waals surface area contributed by atoms with E-state index in [0.717, 1.165) is 5.56 Å². The van der Waals surface area contributed by atoms with Crippen LogP contribution in [0.4, 0.5) is 0 Å². The van der Waals surface area contributed by atoms with Gasteiger partial charge in [-0.3, -0.25) is 14.3 Å². The quantitative estimate of drug-likeness (QED) is 0.908. The summed E-state index contributed by atoms with van der Waals surface area (Å²) in [5.41, 5.74) is 1.87. The zero-order valence-electron chi connectivity index (χ0n) is 14.9. The monoisotopic (exact) mass is 340 g/mol. The highest BCUT2D eigenvalue weighted by molar-refractivity contribution is 5.98. The van der Waals surface area contributed by atoms with Crippen molar-refractivity contribution in [2.45, 2.75) is 39.9 Å². The molecule has 1 N–H and O–H groups in total. The summed E-state index contributed by atoms with van der Waals surface area (Å²) in [5.74, 6) is 0.0215. The Morgan fingerprint density at radius 2 is 1.92 bits per heavy atom. The maximum Gasteiger partial charge on any atom is 0.272 e. The van der Waals surface area contributed by atoms with E-state index < -0.39 is 0 Å². The van der Waals surface area contributed by atoms with Gasteiger partial charge < -0.3 is 10.2 Å². The van der Waals surface area contributed by atoms with Gasteiger partial charge in [-0.1, -0.05) is 44.2 Å². The van der Waals surface area contributed by atoms with Crippen molar-refractivity contribution in [2.75, 3.05) is 6.54 Å². The topological polar surface area (TPSA) is 67.2 Å². The molecule has 2 heterocycles. The minimum atomic E-state index is -0.231. The summed E-state index contributed by atoms with van der Waals surface area (Å²) in [6.07, 6.45) is 0. The third kappa shape index (κ3) is 3.73. The maximum absolute atomic E-state index is 12.7. The zero-order valence-corrected chi connectivity index (χ0v) is 14.9. The van der Waals surface area contributed by atoms with Crippen molar-refractivity contribution in [3.05, 3.63) is 53.3 Å². The molecule has 1 aliphatic heterocycles. The van der Waals surface area contributed by atoms with Crippen LogP contribution in [0.5, 0.6) is 0 Å². The van der Waals surface area contributed by atoms with E-state index in [1.165, 1.54) is 0 Å². The number of carbonyl (C=O) groups is 2. The third-order valence-electron chi connectivity index (χ3n) is 4.68. The van der Waals surface area contributed by atoms with Gasteiger partial charge in [-0.05, 0) is 18.4 Å². The minimum Gasteiger partial charge on any atom is -0.348 e. The molecule has 0 aliphatic carbocycles. The highest BCUT2D eigenvalue weighted by Gasteiger charge is 2.28. The normalized spacial score (nSPS) is 15.2. The molecule has 0 saturated heterocycles. The highest BCUT2D eigenvalue weighted by atomic mass is 16.2. The smallest absolute Gasteiger partial charge is 0.272 e. The average molecular weight is 340 g/mol. The van der Waals surface area contributed by atoms with Crippen LogP contribution in [-0.4, -0.2) is 39.1 Å². The van der Waals surface area contributed by atoms with Crippen molar-refractivity contribution in [2.24, 2.45) is 5.92 Å². The molecule has 25 heavy (non-hydrogen) atoms. The molecule has 132 valence electrons. The van der Waals surface area contributed by atoms with Crippen LogP contribution in [0.2, 0.25) is 0 Å². The molecule has 1 unspecified atom stereocenters. The first kappa shape index (κ1) is 17.2. The molecule has 0 spiro atoms. The second-order valence-electron chi connectivity index (χ2n) is 6.86. The van der Waals surface area contributed by atoms with Crippen molar-refractivity contribution in [3.8, 4) is 0 Å². The van der Waals surface area contributed by atoms with E-state index in [2.05, 4.69) is 10.4 Å². The van der Waals surface area contributed by atoms with Gasteiger partial charge in [0.05, 0.1) is 6.54 Å². The lowest BCUT2D eigenvalue weighted by Crippen LogP contribution is -2.39. The number of rotatable bonds is 5. The number of nitrogens with one attached hydrogen (secondary N) is 1. The zero-order chi connectivity index (χ0) is 18.0. The number of aromatic nitrogens is 2. The Kier molecular flexibility index (Phi) is 4.88. The van der Waals surface area contributed by atoms with Crippen molar-refractivity contribution >= 4 is 11.8 Å². The Morgan fingerprint density at radius 3 is 2.60 bits per heavy atom. The number of benzene rings is 1. The Bertz CT molecular complexity index is 767. The van der Waals surface area contributed by atoms with Crippen LogP contribution in [0.3, 0.4) is 0 Å². The summed E-state index contributed by atoms with van der Waals surface area (Å²) < 4.78 is 1.64. The van der Waals surface area contributed by atoms with Crippen molar-refractivity contribution < 1.29 is 9.59 Å². The Hall–Kier alpha value is -2.63. The molecule has 1 aliphatic rings. The van der Waals surface area contributed by atoms with Crippen LogP contribution >= 0.6 is 0 Å². The standard InChI is InChI=1S/C19H24N4O2/c1-13(2)14(3)20-18(24)16-11-17-19(25)22(9-10-23(17)21-16)12-15-7-5-4-6-8-15/h4-8,11,13-14H,9-10,12H2,1-3H3,(H,20,24). The van der Waals surface area contributed by atoms with Crippen LogP contribution in [0.25, 0.3) is 0 Å². The molecular formula is C19H24N4O2. The van der Waals surface area contributed by atoms with E-state index >= 15 is 0 Å². The molecule has 2 amide bonds. The number of carbonyl (C=O) groups excluding carboxylic acids is 2. The predicted molar refractivity (Wildman–Crippen MR) is 95.2 cm³/mol. The van der Waals surface area contributed by atoms with Crippen molar-refractivity contribution in [1.29, 1.82) is 0 Å². The van der Waals surface area contributed by atoms with Crippen molar-refractivity contribution in [1.82, 2.24) is 20.0 Å². The largest absolute Gasteiger partial charge is 0.348 e. The molecule has 0 bridgehead atoms. The van der Waals surface area contributed by atoms with E-state index in [0.29, 0.717) is 36.9 Å². The first-order valence-electron chi connectivity index (χ1n) is 8.67. The molecule has 1 aromatic carbocycles. The Morgan fingerprint density at radius 1 is 1.20 bits per heavy atom. The molecule has 1 atom stereocenters. The number of amides is 2. The molecule has 0 fully saturated rings. The van der Waals surface area contributed by atoms with Crippen LogP contribution in [0.15, 0.2) is 36.4 Å². The summed E-state index contributed by atoms with van der Waals surface area (Å²) in [5, 5.41) is 7.24. The molecule has 6 nitrogen and oxygen atoms in total. The van der Waals surface area contributed by atoms with Gasteiger partial charge in [0.15, 0.2) is 5.69 Å². The Balaban J connectivity index is 1.73. The number of hydrogen-bond acceptors (Lipinski definition) is 3. The van der Waals surface area contributed by atoms with E-state index in [1.54, 1.807) is 15.6 Å². The van der Waals surface area contributed by atoms with Crippen LogP contribution in [0, 0.1) is 5.92 Å². The van der Waals surface area contributed by atoms with E-state index in [-0.39, 0.29) is 17.9 Å². The van der Waals surface area contributed by atoms with Crippen LogP contribution in [-0.2, 0) is 13.1 Å². The molecule has 1 aromatic heterocycles. The van der Waals surface area contributed by atoms with Crippen LogP contribution < -0.4 is 5.32 Å². The summed E-state index contributed by atoms with van der Waals surface area (Å²) in [6, 6.07) is 11.5. The molecule has 6 heteroatoms. The van der Waals surface area contributed by atoms with Gasteiger partial charge in [-0.2, -0.15) is 5.10 Å². The molecule has 0 saturated carbocycles. The number of nitrogens with zero attached hydrogens (tertiary/aromatic N) is 3. The van der Waals surface area contributed by atoms with E-state index in [4.69, 9.17) is 0 Å². The van der Waals surface area contributed by atoms with Gasteiger partial charge in [0, 0.05) is 25.2 Å². The summed E-state index contributed by atoms with van der Waals surface area (Å²) >= 11 is 0. The van der Waals surface area contributed by atoms with Gasteiger partial charge in [0.2, 0.25) is 0 Å². The lowest BCUT2D eigenvalue weighted by molar-refractivity contribution is 0.0683. The summed E-state index contributed by atoms with van der Waals surface area (Å²) in [4.78, 5) is 26.9. The maximum atomic E-state index is 12.7. The second kappa shape index (κ2) is 7.09. The SMILES string of the molecule is CC(C)C(C)NC(=O)c1cc2n(n1)CCN(Cc1ccccc1)C2=O. The van der Waals surface area contributed by atoms with Gasteiger partial charge in [0.1, 0.15) is 5.69 Å². The highest BCUT2D eigenvalue weighted by Crippen LogP contribution is 2.17. The minimum absolute atomic E-state index is 0.0523.